The highest BCUT2D eigenvalue weighted by Gasteiger charge is 2.11. The molecule has 6 nitrogen and oxygen atoms in total. The number of fused-ring (bicyclic) bond motifs is 1. The highest BCUT2D eigenvalue weighted by atomic mass is 16.5. The molecule has 1 amide bonds. The molecule has 162 valence electrons. The third kappa shape index (κ3) is 5.16. The van der Waals surface area contributed by atoms with E-state index in [1.165, 1.54) is 10.9 Å². The number of aliphatic imine (C=N–C) groups is 1. The van der Waals surface area contributed by atoms with E-state index in [0.29, 0.717) is 23.8 Å². The number of hydrogen-bond acceptors (Lipinski definition) is 3. The third-order valence-corrected chi connectivity index (χ3v) is 5.20. The van der Waals surface area contributed by atoms with Crippen molar-refractivity contribution in [3.63, 3.8) is 0 Å². The molecule has 3 aromatic carbocycles. The van der Waals surface area contributed by atoms with Crippen molar-refractivity contribution in [1.82, 2.24) is 10.3 Å². The lowest BCUT2D eigenvalue weighted by Gasteiger charge is -2.12. The maximum atomic E-state index is 12.8. The summed E-state index contributed by atoms with van der Waals surface area (Å²) >= 11 is 0. The van der Waals surface area contributed by atoms with Crippen molar-refractivity contribution in [2.75, 3.05) is 19.0 Å². The minimum absolute atomic E-state index is 0.255. The average Bonchev–Trinajstić information content (AvgIpc) is 3.23. The highest BCUT2D eigenvalue weighted by Crippen LogP contribution is 2.18. The van der Waals surface area contributed by atoms with Gasteiger partial charge >= 0.3 is 0 Å². The number of carbonyl (C=O) groups is 1. The monoisotopic (exact) mass is 426 g/mol. The quantitative estimate of drug-likeness (QED) is 0.302. The number of aromatic nitrogens is 1. The van der Waals surface area contributed by atoms with Crippen LogP contribution in [-0.4, -0.2) is 30.5 Å². The average molecular weight is 427 g/mol. The van der Waals surface area contributed by atoms with Crippen molar-refractivity contribution in [2.24, 2.45) is 4.99 Å². The molecule has 0 aliphatic heterocycles. The summed E-state index contributed by atoms with van der Waals surface area (Å²) in [6.45, 7) is 2.55. The number of nitrogens with zero attached hydrogens (tertiary/aromatic N) is 1. The third-order valence-electron chi connectivity index (χ3n) is 5.20. The maximum Gasteiger partial charge on any atom is 0.258 e. The predicted octanol–water partition coefficient (Wildman–Crippen LogP) is 4.93. The van der Waals surface area contributed by atoms with Crippen LogP contribution in [0.5, 0.6) is 5.75 Å². The van der Waals surface area contributed by atoms with Crippen LogP contribution in [0.25, 0.3) is 10.9 Å². The molecule has 0 aliphatic carbocycles. The summed E-state index contributed by atoms with van der Waals surface area (Å²) in [4.78, 5) is 20.8. The first-order valence-corrected chi connectivity index (χ1v) is 10.5. The molecule has 0 radical (unpaired) electrons. The van der Waals surface area contributed by atoms with Gasteiger partial charge in [0, 0.05) is 34.9 Å². The predicted molar refractivity (Wildman–Crippen MR) is 130 cm³/mol. The van der Waals surface area contributed by atoms with Crippen LogP contribution in [0.4, 0.5) is 5.69 Å². The summed E-state index contributed by atoms with van der Waals surface area (Å²) in [5.74, 6) is 0.776. The molecule has 0 unspecified atom stereocenters. The topological polar surface area (TPSA) is 78.5 Å². The van der Waals surface area contributed by atoms with Gasteiger partial charge in [-0.3, -0.25) is 15.1 Å². The molecule has 0 aliphatic rings. The zero-order valence-corrected chi connectivity index (χ0v) is 18.2. The minimum Gasteiger partial charge on any atom is -0.497 e. The van der Waals surface area contributed by atoms with E-state index in [1.807, 2.05) is 49.5 Å². The standard InChI is InChI=1S/C26H26N4O2/c1-18-10-12-21(13-11-18)29-26(30-25(31)19-6-5-7-22(16-19)32-2)27-15-14-20-17-28-24-9-4-3-8-23(20)24/h3-13,16-17,28H,14-15H2,1-2H3,(H2,27,29,30,31). The number of hydrogen-bond donors (Lipinski definition) is 3. The number of H-pyrrole nitrogens is 1. The Morgan fingerprint density at radius 1 is 1.03 bits per heavy atom. The Morgan fingerprint density at radius 3 is 2.66 bits per heavy atom. The molecule has 4 aromatic rings. The number of amides is 1. The summed E-state index contributed by atoms with van der Waals surface area (Å²) in [5.41, 5.74) is 4.81. The molecular weight excluding hydrogens is 400 g/mol. The van der Waals surface area contributed by atoms with Crippen LogP contribution in [0, 0.1) is 6.92 Å². The summed E-state index contributed by atoms with van der Waals surface area (Å²) in [5, 5.41) is 7.32. The van der Waals surface area contributed by atoms with E-state index in [0.717, 1.165) is 23.2 Å². The number of aryl methyl sites for hydroxylation is 1. The molecule has 0 atom stereocenters. The molecule has 1 aromatic heterocycles. The molecule has 0 saturated heterocycles. The van der Waals surface area contributed by atoms with Crippen LogP contribution in [0.2, 0.25) is 0 Å². The van der Waals surface area contributed by atoms with E-state index in [-0.39, 0.29) is 5.91 Å². The molecule has 0 bridgehead atoms. The number of guanidine groups is 1. The van der Waals surface area contributed by atoms with E-state index in [1.54, 1.807) is 31.4 Å². The summed E-state index contributed by atoms with van der Waals surface area (Å²) in [6, 6.07) is 23.2. The van der Waals surface area contributed by atoms with Gasteiger partial charge in [-0.15, -0.1) is 0 Å². The van der Waals surface area contributed by atoms with Gasteiger partial charge in [-0.25, -0.2) is 0 Å². The van der Waals surface area contributed by atoms with E-state index in [2.05, 4.69) is 32.7 Å². The Morgan fingerprint density at radius 2 is 1.84 bits per heavy atom. The number of anilines is 1. The second kappa shape index (κ2) is 9.83. The zero-order valence-electron chi connectivity index (χ0n) is 18.2. The molecule has 6 heteroatoms. The van der Waals surface area contributed by atoms with E-state index in [9.17, 15) is 4.79 Å². The Hall–Kier alpha value is -4.06. The normalized spacial score (nSPS) is 11.4. The number of benzene rings is 3. The summed E-state index contributed by atoms with van der Waals surface area (Å²) < 4.78 is 5.23. The van der Waals surface area contributed by atoms with Crippen LogP contribution in [-0.2, 0) is 6.42 Å². The largest absolute Gasteiger partial charge is 0.497 e. The van der Waals surface area contributed by atoms with Gasteiger partial charge in [-0.1, -0.05) is 42.0 Å². The van der Waals surface area contributed by atoms with Crippen LogP contribution < -0.4 is 15.4 Å². The SMILES string of the molecule is COc1cccc(C(=O)NC(=NCCc2c[nH]c3ccccc23)Nc2ccc(C)cc2)c1. The van der Waals surface area contributed by atoms with Gasteiger partial charge in [-0.2, -0.15) is 0 Å². The number of para-hydroxylation sites is 1. The summed E-state index contributed by atoms with van der Waals surface area (Å²) in [7, 11) is 1.58. The number of carbonyl (C=O) groups excluding carboxylic acids is 1. The second-order valence-electron chi connectivity index (χ2n) is 7.52. The molecule has 3 N–H and O–H groups in total. The van der Waals surface area contributed by atoms with E-state index < -0.39 is 0 Å². The number of rotatable bonds is 6. The van der Waals surface area contributed by atoms with Crippen molar-refractivity contribution in [1.29, 1.82) is 0 Å². The lowest BCUT2D eigenvalue weighted by Crippen LogP contribution is -2.36. The molecule has 32 heavy (non-hydrogen) atoms. The van der Waals surface area contributed by atoms with Crippen molar-refractivity contribution in [3.8, 4) is 5.75 Å². The van der Waals surface area contributed by atoms with Crippen LogP contribution >= 0.6 is 0 Å². The van der Waals surface area contributed by atoms with Gasteiger partial charge in [0.2, 0.25) is 5.96 Å². The molecule has 0 saturated carbocycles. The second-order valence-corrected chi connectivity index (χ2v) is 7.52. The molecule has 1 heterocycles. The van der Waals surface area contributed by atoms with Crippen molar-refractivity contribution in [2.45, 2.75) is 13.3 Å². The fourth-order valence-electron chi connectivity index (χ4n) is 3.45. The van der Waals surface area contributed by atoms with Crippen LogP contribution in [0.1, 0.15) is 21.5 Å². The number of ether oxygens (including phenoxy) is 1. The molecule has 0 spiro atoms. The number of aromatic amines is 1. The number of methoxy groups -OCH3 is 1. The Kier molecular flexibility index (Phi) is 6.51. The lowest BCUT2D eigenvalue weighted by molar-refractivity contribution is 0.0976. The Bertz CT molecular complexity index is 1240. The van der Waals surface area contributed by atoms with Gasteiger partial charge in [0.05, 0.1) is 7.11 Å². The van der Waals surface area contributed by atoms with Crippen molar-refractivity contribution < 1.29 is 9.53 Å². The highest BCUT2D eigenvalue weighted by molar-refractivity contribution is 6.10. The van der Waals surface area contributed by atoms with E-state index in [4.69, 9.17) is 4.74 Å². The van der Waals surface area contributed by atoms with Crippen LogP contribution in [0.3, 0.4) is 0 Å². The van der Waals surface area contributed by atoms with Gasteiger partial charge in [0.15, 0.2) is 0 Å². The van der Waals surface area contributed by atoms with Gasteiger partial charge in [0.1, 0.15) is 5.75 Å². The van der Waals surface area contributed by atoms with Crippen molar-refractivity contribution >= 4 is 28.5 Å². The van der Waals surface area contributed by atoms with Crippen LogP contribution in [0.15, 0.2) is 84.0 Å². The number of nitrogens with one attached hydrogen (secondary N) is 3. The minimum atomic E-state index is -0.255. The fourth-order valence-corrected chi connectivity index (χ4v) is 3.45. The molecule has 4 rings (SSSR count). The first-order valence-electron chi connectivity index (χ1n) is 10.5. The Labute approximate surface area is 187 Å². The molecular formula is C26H26N4O2. The lowest BCUT2D eigenvalue weighted by atomic mass is 10.1. The van der Waals surface area contributed by atoms with E-state index >= 15 is 0 Å². The fraction of sp³-hybridized carbons (Fsp3) is 0.154. The Balaban J connectivity index is 1.52. The first-order chi connectivity index (χ1) is 15.6. The maximum absolute atomic E-state index is 12.8. The first kappa shape index (κ1) is 21.2. The van der Waals surface area contributed by atoms with Gasteiger partial charge in [0.25, 0.3) is 5.91 Å². The zero-order chi connectivity index (χ0) is 22.3. The smallest absolute Gasteiger partial charge is 0.258 e. The summed E-state index contributed by atoms with van der Waals surface area (Å²) in [6.07, 6.45) is 2.76. The van der Waals surface area contributed by atoms with Gasteiger partial charge < -0.3 is 15.0 Å². The molecule has 0 fully saturated rings. The van der Waals surface area contributed by atoms with Crippen molar-refractivity contribution in [3.05, 3.63) is 95.7 Å². The van der Waals surface area contributed by atoms with Gasteiger partial charge in [-0.05, 0) is 55.3 Å².